The van der Waals surface area contributed by atoms with Gasteiger partial charge in [0.25, 0.3) is 0 Å². The molecule has 1 heterocycles. The van der Waals surface area contributed by atoms with E-state index in [-0.39, 0.29) is 11.5 Å². The standard InChI is InChI=1S/C24H27NO2/c1-24-9-6-20-19-5-3-18(26)13-16(19)2-4-21(20)22(24)14-17(23(24)27)12-15-7-10-25-11-8-15/h3,5,7-8,10-13,20-23,26-27H,2,4,6,9,14H2,1H3. The highest BCUT2D eigenvalue weighted by molar-refractivity contribution is 5.55. The van der Waals surface area contributed by atoms with Crippen LogP contribution in [0.25, 0.3) is 6.08 Å². The van der Waals surface area contributed by atoms with E-state index in [0.29, 0.717) is 23.5 Å². The molecule has 5 atom stereocenters. The van der Waals surface area contributed by atoms with Crippen LogP contribution in [0.1, 0.15) is 55.2 Å². The van der Waals surface area contributed by atoms with Crippen LogP contribution in [0.15, 0.2) is 48.3 Å². The zero-order valence-corrected chi connectivity index (χ0v) is 15.8. The number of aryl methyl sites for hydroxylation is 1. The van der Waals surface area contributed by atoms with E-state index in [9.17, 15) is 10.2 Å². The summed E-state index contributed by atoms with van der Waals surface area (Å²) in [6.45, 7) is 2.30. The second kappa shape index (κ2) is 6.20. The Balaban J connectivity index is 1.49. The first kappa shape index (κ1) is 17.0. The van der Waals surface area contributed by atoms with Crippen molar-refractivity contribution in [2.45, 2.75) is 51.0 Å². The van der Waals surface area contributed by atoms with Crippen molar-refractivity contribution in [3.8, 4) is 5.75 Å². The van der Waals surface area contributed by atoms with Crippen LogP contribution >= 0.6 is 0 Å². The number of aromatic hydroxyl groups is 1. The highest BCUT2D eigenvalue weighted by atomic mass is 16.3. The molecule has 2 fully saturated rings. The van der Waals surface area contributed by atoms with Crippen molar-refractivity contribution in [2.24, 2.45) is 17.3 Å². The Morgan fingerprint density at radius 3 is 2.78 bits per heavy atom. The molecule has 5 rings (SSSR count). The van der Waals surface area contributed by atoms with Gasteiger partial charge in [0, 0.05) is 17.8 Å². The van der Waals surface area contributed by atoms with E-state index >= 15 is 0 Å². The van der Waals surface area contributed by atoms with Crippen LogP contribution in [-0.4, -0.2) is 21.3 Å². The van der Waals surface area contributed by atoms with Gasteiger partial charge < -0.3 is 10.2 Å². The Morgan fingerprint density at radius 2 is 1.96 bits per heavy atom. The molecular weight excluding hydrogens is 334 g/mol. The summed E-state index contributed by atoms with van der Waals surface area (Å²) < 4.78 is 0. The van der Waals surface area contributed by atoms with Crippen LogP contribution in [0.5, 0.6) is 5.75 Å². The Morgan fingerprint density at radius 1 is 1.15 bits per heavy atom. The van der Waals surface area contributed by atoms with E-state index in [1.807, 2.05) is 36.7 Å². The van der Waals surface area contributed by atoms with Gasteiger partial charge in [0.05, 0.1) is 6.10 Å². The van der Waals surface area contributed by atoms with Gasteiger partial charge in [-0.25, -0.2) is 0 Å². The smallest absolute Gasteiger partial charge is 0.115 e. The van der Waals surface area contributed by atoms with E-state index in [1.165, 1.54) is 16.7 Å². The van der Waals surface area contributed by atoms with Gasteiger partial charge in [-0.15, -0.1) is 0 Å². The Bertz CT molecular complexity index is 891. The minimum atomic E-state index is -0.349. The molecular formula is C24H27NO2. The lowest BCUT2D eigenvalue weighted by Crippen LogP contribution is -2.44. The average molecular weight is 361 g/mol. The third-order valence-corrected chi connectivity index (χ3v) is 7.64. The number of benzene rings is 1. The number of pyridine rings is 1. The van der Waals surface area contributed by atoms with Gasteiger partial charge in [-0.05, 0) is 96.4 Å². The molecule has 0 spiro atoms. The molecule has 0 amide bonds. The van der Waals surface area contributed by atoms with E-state index in [0.717, 1.165) is 37.7 Å². The van der Waals surface area contributed by atoms with Gasteiger partial charge in [-0.2, -0.15) is 0 Å². The number of phenolic OH excluding ortho intramolecular Hbond substituents is 1. The number of phenols is 1. The van der Waals surface area contributed by atoms with Gasteiger partial charge in [0.15, 0.2) is 0 Å². The molecule has 2 N–H and O–H groups in total. The second-order valence-electron chi connectivity index (χ2n) is 8.95. The Hall–Kier alpha value is -2.13. The highest BCUT2D eigenvalue weighted by Crippen LogP contribution is 2.62. The zero-order chi connectivity index (χ0) is 18.6. The topological polar surface area (TPSA) is 53.4 Å². The molecule has 1 aromatic heterocycles. The van der Waals surface area contributed by atoms with E-state index in [4.69, 9.17) is 0 Å². The van der Waals surface area contributed by atoms with Gasteiger partial charge >= 0.3 is 0 Å². The lowest BCUT2D eigenvalue weighted by Gasteiger charge is -2.49. The monoisotopic (exact) mass is 361 g/mol. The predicted octanol–water partition coefficient (Wildman–Crippen LogP) is 4.70. The lowest BCUT2D eigenvalue weighted by atomic mass is 9.55. The molecule has 3 aliphatic rings. The summed E-state index contributed by atoms with van der Waals surface area (Å²) in [5.41, 5.74) is 5.06. The number of fused-ring (bicyclic) bond motifs is 5. The maximum absolute atomic E-state index is 11.2. The van der Waals surface area contributed by atoms with Crippen LogP contribution in [0, 0.1) is 17.3 Å². The molecule has 140 valence electrons. The number of aliphatic hydroxyl groups is 1. The maximum Gasteiger partial charge on any atom is 0.115 e. The predicted molar refractivity (Wildman–Crippen MR) is 106 cm³/mol. The van der Waals surface area contributed by atoms with Gasteiger partial charge in [-0.3, -0.25) is 4.98 Å². The summed E-state index contributed by atoms with van der Waals surface area (Å²) in [4.78, 5) is 4.10. The molecule has 0 aliphatic heterocycles. The average Bonchev–Trinajstić information content (AvgIpc) is 2.93. The summed E-state index contributed by atoms with van der Waals surface area (Å²) in [6, 6.07) is 9.96. The molecule has 0 radical (unpaired) electrons. The summed E-state index contributed by atoms with van der Waals surface area (Å²) in [5, 5.41) is 21.0. The van der Waals surface area contributed by atoms with Crippen molar-refractivity contribution in [2.75, 3.05) is 0 Å². The first-order valence-corrected chi connectivity index (χ1v) is 10.2. The van der Waals surface area contributed by atoms with Gasteiger partial charge in [0.2, 0.25) is 0 Å². The van der Waals surface area contributed by atoms with Crippen LogP contribution in [0.3, 0.4) is 0 Å². The van der Waals surface area contributed by atoms with Crippen molar-refractivity contribution in [1.29, 1.82) is 0 Å². The Labute approximate surface area is 160 Å². The van der Waals surface area contributed by atoms with E-state index in [2.05, 4.69) is 24.1 Å². The minimum absolute atomic E-state index is 0.0194. The molecule has 5 unspecified atom stereocenters. The zero-order valence-electron chi connectivity index (χ0n) is 15.8. The van der Waals surface area contributed by atoms with Crippen molar-refractivity contribution < 1.29 is 10.2 Å². The minimum Gasteiger partial charge on any atom is -0.508 e. The largest absolute Gasteiger partial charge is 0.508 e. The molecule has 3 heteroatoms. The number of aromatic nitrogens is 1. The summed E-state index contributed by atoms with van der Waals surface area (Å²) >= 11 is 0. The lowest BCUT2D eigenvalue weighted by molar-refractivity contribution is -0.0158. The van der Waals surface area contributed by atoms with E-state index < -0.39 is 0 Å². The highest BCUT2D eigenvalue weighted by Gasteiger charge is 2.56. The molecule has 0 saturated heterocycles. The number of rotatable bonds is 1. The molecule has 1 aromatic carbocycles. The number of aliphatic hydroxyl groups excluding tert-OH is 1. The Kier molecular flexibility index (Phi) is 3.90. The molecule has 2 saturated carbocycles. The molecule has 0 bridgehead atoms. The van der Waals surface area contributed by atoms with Crippen molar-refractivity contribution in [1.82, 2.24) is 4.98 Å². The molecule has 27 heavy (non-hydrogen) atoms. The van der Waals surface area contributed by atoms with E-state index in [1.54, 1.807) is 0 Å². The molecule has 3 nitrogen and oxygen atoms in total. The second-order valence-corrected chi connectivity index (χ2v) is 8.95. The molecule has 3 aliphatic carbocycles. The van der Waals surface area contributed by atoms with Gasteiger partial charge in [0.1, 0.15) is 5.75 Å². The molecule has 2 aromatic rings. The maximum atomic E-state index is 11.2. The summed E-state index contributed by atoms with van der Waals surface area (Å²) in [6.07, 6.45) is 10.8. The van der Waals surface area contributed by atoms with Crippen molar-refractivity contribution in [3.05, 3.63) is 65.0 Å². The fourth-order valence-electron chi connectivity index (χ4n) is 6.24. The normalized spacial score (nSPS) is 36.1. The van der Waals surface area contributed by atoms with Crippen molar-refractivity contribution in [3.63, 3.8) is 0 Å². The quantitative estimate of drug-likeness (QED) is 0.774. The summed E-state index contributed by atoms with van der Waals surface area (Å²) in [7, 11) is 0. The third-order valence-electron chi connectivity index (χ3n) is 7.64. The SMILES string of the molecule is CC12CCC3c4ccc(O)cc4CCC3C1CC(=Cc1ccncc1)C2O. The first-order valence-electron chi connectivity index (χ1n) is 10.2. The van der Waals surface area contributed by atoms with Crippen LogP contribution < -0.4 is 0 Å². The number of hydrogen-bond donors (Lipinski definition) is 2. The van der Waals surface area contributed by atoms with Crippen LogP contribution in [0.4, 0.5) is 0 Å². The van der Waals surface area contributed by atoms with Crippen LogP contribution in [-0.2, 0) is 6.42 Å². The fraction of sp³-hybridized carbons (Fsp3) is 0.458. The van der Waals surface area contributed by atoms with Gasteiger partial charge in [-0.1, -0.05) is 19.1 Å². The van der Waals surface area contributed by atoms with Crippen LogP contribution in [0.2, 0.25) is 0 Å². The summed E-state index contributed by atoms with van der Waals surface area (Å²) in [5.74, 6) is 2.10. The first-order chi connectivity index (χ1) is 13.1. The fourth-order valence-corrected chi connectivity index (χ4v) is 6.24. The third kappa shape index (κ3) is 2.63. The number of hydrogen-bond acceptors (Lipinski definition) is 3. The van der Waals surface area contributed by atoms with Crippen molar-refractivity contribution >= 4 is 6.08 Å². The number of nitrogens with zero attached hydrogens (tertiary/aromatic N) is 1.